The molecular formula is C23H34N5OS+. The number of hydrogen-bond acceptors (Lipinski definition) is 4. The van der Waals surface area contributed by atoms with Crippen LogP contribution in [-0.4, -0.2) is 64.6 Å². The molecule has 2 aliphatic heterocycles. The second-order valence-corrected chi connectivity index (χ2v) is 9.61. The van der Waals surface area contributed by atoms with E-state index in [1.165, 1.54) is 10.5 Å². The van der Waals surface area contributed by atoms with Crippen molar-refractivity contribution in [1.82, 2.24) is 19.7 Å². The van der Waals surface area contributed by atoms with Crippen LogP contribution in [0.5, 0.6) is 0 Å². The predicted octanol–water partition coefficient (Wildman–Crippen LogP) is 1.78. The number of thioether (sulfide) groups is 1. The van der Waals surface area contributed by atoms with Gasteiger partial charge < -0.3 is 14.4 Å². The number of benzene rings is 1. The van der Waals surface area contributed by atoms with Crippen molar-refractivity contribution in [2.24, 2.45) is 13.0 Å². The minimum absolute atomic E-state index is 0.326. The lowest BCUT2D eigenvalue weighted by Crippen LogP contribution is -3.14. The van der Waals surface area contributed by atoms with Crippen molar-refractivity contribution in [3.05, 3.63) is 41.7 Å². The van der Waals surface area contributed by atoms with Gasteiger partial charge in [-0.3, -0.25) is 4.79 Å². The van der Waals surface area contributed by atoms with Crippen molar-refractivity contribution in [3.8, 4) is 0 Å². The molecule has 0 saturated carbocycles. The first-order chi connectivity index (χ1) is 14.6. The monoisotopic (exact) mass is 428 g/mol. The Balaban J connectivity index is 1.26. The lowest BCUT2D eigenvalue weighted by atomic mass is 9.90. The van der Waals surface area contributed by atoms with E-state index in [1.807, 2.05) is 6.26 Å². The number of carbonyl (C=O) groups excluding carboxylic acids is 1. The van der Waals surface area contributed by atoms with Crippen molar-refractivity contribution < 1.29 is 9.69 Å². The van der Waals surface area contributed by atoms with Crippen LogP contribution in [-0.2, 0) is 18.3 Å². The molecule has 3 heterocycles. The minimum atomic E-state index is 0.326. The van der Waals surface area contributed by atoms with E-state index in [2.05, 4.69) is 57.0 Å². The maximum atomic E-state index is 13.0. The fourth-order valence-corrected chi connectivity index (χ4v) is 5.54. The molecular weight excluding hydrogens is 394 g/mol. The summed E-state index contributed by atoms with van der Waals surface area (Å²) in [5, 5.41) is 9.70. The van der Waals surface area contributed by atoms with Gasteiger partial charge in [0.15, 0.2) is 11.7 Å². The maximum absolute atomic E-state index is 13.0. The summed E-state index contributed by atoms with van der Waals surface area (Å²) in [6, 6.07) is 10.7. The molecule has 2 aliphatic rings. The average molecular weight is 429 g/mol. The van der Waals surface area contributed by atoms with Gasteiger partial charge in [0.25, 0.3) is 5.91 Å². The summed E-state index contributed by atoms with van der Waals surface area (Å²) in [4.78, 5) is 16.5. The molecule has 6 nitrogen and oxygen atoms in total. The fraction of sp³-hybridized carbons (Fsp3) is 0.609. The minimum Gasteiger partial charge on any atom is -0.338 e. The van der Waals surface area contributed by atoms with Gasteiger partial charge in [-0.1, -0.05) is 42.1 Å². The van der Waals surface area contributed by atoms with Gasteiger partial charge >= 0.3 is 0 Å². The van der Waals surface area contributed by atoms with E-state index < -0.39 is 0 Å². The number of quaternary nitrogens is 1. The molecule has 7 heteroatoms. The summed E-state index contributed by atoms with van der Waals surface area (Å²) in [5.74, 6) is 2.50. The molecule has 1 unspecified atom stereocenters. The molecule has 2 fully saturated rings. The van der Waals surface area contributed by atoms with Crippen LogP contribution < -0.4 is 4.90 Å². The summed E-state index contributed by atoms with van der Waals surface area (Å²) < 4.78 is 2.12. The molecule has 0 bridgehead atoms. The van der Waals surface area contributed by atoms with Crippen LogP contribution in [0.3, 0.4) is 0 Å². The smallest absolute Gasteiger partial charge is 0.277 e. The zero-order valence-corrected chi connectivity index (χ0v) is 19.0. The van der Waals surface area contributed by atoms with E-state index in [9.17, 15) is 4.79 Å². The van der Waals surface area contributed by atoms with Gasteiger partial charge in [-0.2, -0.15) is 0 Å². The molecule has 2 atom stereocenters. The van der Waals surface area contributed by atoms with Crippen LogP contribution in [0.15, 0.2) is 35.5 Å². The quantitative estimate of drug-likeness (QED) is 0.713. The van der Waals surface area contributed by atoms with Crippen molar-refractivity contribution in [2.75, 3.05) is 39.0 Å². The summed E-state index contributed by atoms with van der Waals surface area (Å²) in [5.41, 5.74) is 1.42. The SMILES string of the molecule is CSc1nnc([C@H]2CCC[NH+](CC(=O)N3CCC(Cc4ccccc4)CC3)C2)n1C. The summed E-state index contributed by atoms with van der Waals surface area (Å²) in [6.07, 6.45) is 7.70. The first-order valence-electron chi connectivity index (χ1n) is 11.2. The average Bonchev–Trinajstić information content (AvgIpc) is 3.15. The Labute approximate surface area is 184 Å². The van der Waals surface area contributed by atoms with E-state index in [0.717, 1.165) is 69.3 Å². The van der Waals surface area contributed by atoms with Crippen molar-refractivity contribution in [1.29, 1.82) is 0 Å². The van der Waals surface area contributed by atoms with Crippen LogP contribution in [0.25, 0.3) is 0 Å². The number of hydrogen-bond donors (Lipinski definition) is 1. The Kier molecular flexibility index (Phi) is 7.10. The highest BCUT2D eigenvalue weighted by atomic mass is 32.2. The van der Waals surface area contributed by atoms with Gasteiger partial charge in [0.2, 0.25) is 0 Å². The Hall–Kier alpha value is -1.86. The van der Waals surface area contributed by atoms with E-state index in [0.29, 0.717) is 24.3 Å². The van der Waals surface area contributed by atoms with Crippen molar-refractivity contribution >= 4 is 17.7 Å². The van der Waals surface area contributed by atoms with Crippen LogP contribution in [0, 0.1) is 5.92 Å². The number of likely N-dealkylation sites (tertiary alicyclic amines) is 2. The highest BCUT2D eigenvalue weighted by molar-refractivity contribution is 7.98. The molecule has 1 amide bonds. The molecule has 1 N–H and O–H groups in total. The number of nitrogens with one attached hydrogen (secondary N) is 1. The number of nitrogens with zero attached hydrogens (tertiary/aromatic N) is 4. The lowest BCUT2D eigenvalue weighted by molar-refractivity contribution is -0.898. The third kappa shape index (κ3) is 5.06. The predicted molar refractivity (Wildman–Crippen MR) is 120 cm³/mol. The molecule has 2 aromatic rings. The van der Waals surface area contributed by atoms with Gasteiger partial charge in [-0.25, -0.2) is 0 Å². The lowest BCUT2D eigenvalue weighted by Gasteiger charge is -2.34. The second kappa shape index (κ2) is 9.96. The summed E-state index contributed by atoms with van der Waals surface area (Å²) in [6.45, 7) is 4.50. The van der Waals surface area contributed by atoms with Crippen LogP contribution >= 0.6 is 11.8 Å². The fourth-order valence-electron chi connectivity index (χ4n) is 5.05. The number of piperidine rings is 2. The largest absolute Gasteiger partial charge is 0.338 e. The van der Waals surface area contributed by atoms with Gasteiger partial charge in [0, 0.05) is 20.1 Å². The number of carbonyl (C=O) groups is 1. The van der Waals surface area contributed by atoms with E-state index in [4.69, 9.17) is 0 Å². The van der Waals surface area contributed by atoms with Gasteiger partial charge in [0.05, 0.1) is 19.0 Å². The van der Waals surface area contributed by atoms with Gasteiger partial charge in [-0.05, 0) is 49.8 Å². The molecule has 4 rings (SSSR count). The maximum Gasteiger partial charge on any atom is 0.277 e. The molecule has 1 aromatic carbocycles. The standard InChI is InChI=1S/C23H33N5OS/c1-26-22(24-25-23(26)30-2)20-9-6-12-27(16-20)17-21(29)28-13-10-19(11-14-28)15-18-7-4-3-5-8-18/h3-5,7-8,19-20H,6,9-17H2,1-2H3/p+1/t20-/m0/s1. The van der Waals surface area contributed by atoms with Crippen molar-refractivity contribution in [3.63, 3.8) is 0 Å². The van der Waals surface area contributed by atoms with E-state index in [-0.39, 0.29) is 0 Å². The Morgan fingerprint density at radius 2 is 1.93 bits per heavy atom. The van der Waals surface area contributed by atoms with Crippen LogP contribution in [0.4, 0.5) is 0 Å². The molecule has 162 valence electrons. The number of aromatic nitrogens is 3. The highest BCUT2D eigenvalue weighted by Crippen LogP contribution is 2.23. The highest BCUT2D eigenvalue weighted by Gasteiger charge is 2.31. The molecule has 2 saturated heterocycles. The Morgan fingerprint density at radius 3 is 2.63 bits per heavy atom. The van der Waals surface area contributed by atoms with E-state index in [1.54, 1.807) is 11.8 Å². The zero-order valence-electron chi connectivity index (χ0n) is 18.2. The van der Waals surface area contributed by atoms with Gasteiger partial charge in [-0.15, -0.1) is 10.2 Å². The molecule has 0 spiro atoms. The molecule has 30 heavy (non-hydrogen) atoms. The summed E-state index contributed by atoms with van der Waals surface area (Å²) in [7, 11) is 2.06. The molecule has 1 aromatic heterocycles. The van der Waals surface area contributed by atoms with Crippen LogP contribution in [0.2, 0.25) is 0 Å². The molecule has 0 aliphatic carbocycles. The normalized spacial score (nSPS) is 22.9. The topological polar surface area (TPSA) is 55.5 Å². The summed E-state index contributed by atoms with van der Waals surface area (Å²) >= 11 is 1.63. The molecule has 0 radical (unpaired) electrons. The Morgan fingerprint density at radius 1 is 1.17 bits per heavy atom. The number of rotatable bonds is 6. The second-order valence-electron chi connectivity index (χ2n) is 8.84. The van der Waals surface area contributed by atoms with Gasteiger partial charge in [0.1, 0.15) is 5.82 Å². The van der Waals surface area contributed by atoms with Crippen LogP contribution in [0.1, 0.15) is 43.0 Å². The Bertz CT molecular complexity index is 831. The van der Waals surface area contributed by atoms with E-state index >= 15 is 0 Å². The third-order valence-electron chi connectivity index (χ3n) is 6.77. The third-order valence-corrected chi connectivity index (χ3v) is 7.49. The zero-order chi connectivity index (χ0) is 20.9. The first-order valence-corrected chi connectivity index (χ1v) is 12.4. The van der Waals surface area contributed by atoms with Crippen molar-refractivity contribution in [2.45, 2.75) is 43.2 Å². The number of amides is 1. The first kappa shape index (κ1) is 21.4.